The Labute approximate surface area is 274 Å². The summed E-state index contributed by atoms with van der Waals surface area (Å²) in [5, 5.41) is 11.6. The van der Waals surface area contributed by atoms with E-state index in [1.807, 2.05) is 17.9 Å². The lowest BCUT2D eigenvalue weighted by Gasteiger charge is -2.47. The van der Waals surface area contributed by atoms with Crippen molar-refractivity contribution in [2.75, 3.05) is 31.1 Å². The van der Waals surface area contributed by atoms with E-state index in [4.69, 9.17) is 25.5 Å². The number of benzene rings is 2. The van der Waals surface area contributed by atoms with Gasteiger partial charge in [-0.25, -0.2) is 23.5 Å². The number of anilines is 1. The summed E-state index contributed by atoms with van der Waals surface area (Å²) in [6.45, 7) is 5.67. The molecule has 0 aliphatic carbocycles. The zero-order chi connectivity index (χ0) is 33.3. The van der Waals surface area contributed by atoms with Crippen molar-refractivity contribution in [1.29, 1.82) is 0 Å². The van der Waals surface area contributed by atoms with Gasteiger partial charge in [0.25, 0.3) is 0 Å². The van der Waals surface area contributed by atoms with Crippen LogP contribution in [-0.2, 0) is 0 Å². The molecule has 0 spiro atoms. The number of phenols is 1. The maximum absolute atomic E-state index is 14.9. The lowest BCUT2D eigenvalue weighted by molar-refractivity contribution is 0.107. The van der Waals surface area contributed by atoms with E-state index in [0.29, 0.717) is 41.7 Å². The van der Waals surface area contributed by atoms with Gasteiger partial charge >= 0.3 is 11.6 Å². The minimum absolute atomic E-state index is 0.0229. The van der Waals surface area contributed by atoms with Crippen molar-refractivity contribution >= 4 is 27.5 Å². The van der Waals surface area contributed by atoms with Crippen LogP contribution in [0, 0.1) is 25.1 Å². The van der Waals surface area contributed by atoms with E-state index >= 15 is 0 Å². The third-order valence-electron chi connectivity index (χ3n) is 10.4. The molecule has 0 radical (unpaired) electrons. The van der Waals surface area contributed by atoms with Crippen LogP contribution in [0.2, 0.25) is 0 Å². The summed E-state index contributed by atoms with van der Waals surface area (Å²) in [4.78, 5) is 36.1. The van der Waals surface area contributed by atoms with Crippen molar-refractivity contribution in [3.05, 3.63) is 75.9 Å². The number of aryl methyl sites for hydroxylation is 1. The molecule has 0 bridgehead atoms. The highest BCUT2D eigenvalue weighted by molar-refractivity contribution is 6.03. The van der Waals surface area contributed by atoms with Crippen LogP contribution < -0.4 is 15.3 Å². The van der Waals surface area contributed by atoms with Crippen LogP contribution in [0.3, 0.4) is 0 Å². The molecule has 5 aromatic rings. The highest BCUT2D eigenvalue weighted by Gasteiger charge is 2.49. The fourth-order valence-electron chi connectivity index (χ4n) is 7.89. The predicted octanol–water partition coefficient (Wildman–Crippen LogP) is 5.28. The molecule has 2 aromatic carbocycles. The van der Waals surface area contributed by atoms with Gasteiger partial charge in [0.05, 0.1) is 22.3 Å². The lowest BCUT2D eigenvalue weighted by Crippen LogP contribution is -2.54. The Morgan fingerprint density at radius 1 is 1.21 bits per heavy atom. The normalized spacial score (nSPS) is 23.7. The molecular formula is C36H32F2N6O4. The quantitative estimate of drug-likeness (QED) is 0.244. The smallest absolute Gasteiger partial charge is 0.349 e. The summed E-state index contributed by atoms with van der Waals surface area (Å²) < 4.78 is 41.8. The molecular weight excluding hydrogens is 618 g/mol. The second-order valence-electron chi connectivity index (χ2n) is 13.1. The van der Waals surface area contributed by atoms with E-state index in [2.05, 4.69) is 20.8 Å². The molecule has 12 heteroatoms. The van der Waals surface area contributed by atoms with E-state index in [0.717, 1.165) is 25.1 Å². The van der Waals surface area contributed by atoms with Crippen molar-refractivity contribution in [2.24, 2.45) is 0 Å². The number of rotatable bonds is 6. The summed E-state index contributed by atoms with van der Waals surface area (Å²) >= 11 is 0. The number of nitrogens with zero attached hydrogens (tertiary/aromatic N) is 6. The highest BCUT2D eigenvalue weighted by Crippen LogP contribution is 2.43. The Balaban J connectivity index is 1.29. The molecule has 244 valence electrons. The molecule has 3 aliphatic heterocycles. The number of ether oxygens (including phenoxy) is 1. The number of phenolic OH excluding ortho intramolecular Hbond substituents is 1. The van der Waals surface area contributed by atoms with Crippen LogP contribution in [0.5, 0.6) is 11.8 Å². The molecule has 3 fully saturated rings. The molecule has 8 rings (SSSR count). The third kappa shape index (κ3) is 4.67. The molecule has 10 nitrogen and oxygen atoms in total. The number of hydrogen-bond acceptors (Lipinski definition) is 10. The molecule has 1 N–H and O–H groups in total. The van der Waals surface area contributed by atoms with Gasteiger partial charge in [0.2, 0.25) is 0 Å². The van der Waals surface area contributed by atoms with Gasteiger partial charge in [0.15, 0.2) is 5.82 Å². The van der Waals surface area contributed by atoms with Gasteiger partial charge in [-0.05, 0) is 62.9 Å². The SMILES string of the molecule is C#Cc1c(F)ccc2cc(O)cc(-c3oc(=O)c4c(N5C[C@H](c6ccncn6)[C@H]5C)nc(OC[C@@]56CCCN5C[C@H](F)C6)nc4c3C)c12. The maximum Gasteiger partial charge on any atom is 0.349 e. The Morgan fingerprint density at radius 2 is 2.06 bits per heavy atom. The standard InChI is InChI=1S/C36H32F2N6O4/c1-4-24-27(38)7-6-21-12-23(45)13-25(29(21)24)32-19(2)31-30(34(46)48-32)33(44-16-26(20(44)3)28-8-10-39-18-40-28)42-35(41-31)47-17-36-9-5-11-43(36)15-22(37)14-36/h1,6-8,10,12-13,18,20,22,26,45H,5,9,11,14-17H2,2-3H3/t20-,22-,26+,36+/m1/s1. The van der Waals surface area contributed by atoms with Gasteiger partial charge < -0.3 is 19.2 Å². The fourth-order valence-corrected chi connectivity index (χ4v) is 7.89. The monoisotopic (exact) mass is 650 g/mol. The second-order valence-corrected chi connectivity index (χ2v) is 13.1. The first-order valence-electron chi connectivity index (χ1n) is 16.0. The van der Waals surface area contributed by atoms with Crippen molar-refractivity contribution in [3.63, 3.8) is 0 Å². The van der Waals surface area contributed by atoms with Gasteiger partial charge in [-0.2, -0.15) is 9.97 Å². The zero-order valence-corrected chi connectivity index (χ0v) is 26.4. The number of hydrogen-bond donors (Lipinski definition) is 1. The highest BCUT2D eigenvalue weighted by atomic mass is 19.1. The molecule has 0 saturated carbocycles. The Hall–Kier alpha value is -5.15. The average Bonchev–Trinajstić information content (AvgIpc) is 3.60. The van der Waals surface area contributed by atoms with Crippen LogP contribution in [0.4, 0.5) is 14.6 Å². The van der Waals surface area contributed by atoms with Gasteiger partial charge in [0.1, 0.15) is 41.8 Å². The first-order chi connectivity index (χ1) is 23.2. The van der Waals surface area contributed by atoms with E-state index in [-0.39, 0.29) is 58.1 Å². The first-order valence-corrected chi connectivity index (χ1v) is 16.0. The Morgan fingerprint density at radius 3 is 2.83 bits per heavy atom. The van der Waals surface area contributed by atoms with Gasteiger partial charge in [-0.15, -0.1) is 6.42 Å². The van der Waals surface area contributed by atoms with Crippen molar-refractivity contribution in [1.82, 2.24) is 24.8 Å². The van der Waals surface area contributed by atoms with Crippen molar-refractivity contribution in [2.45, 2.75) is 56.8 Å². The lowest BCUT2D eigenvalue weighted by atomic mass is 9.86. The fraction of sp³-hybridized carbons (Fsp3) is 0.361. The largest absolute Gasteiger partial charge is 0.508 e. The summed E-state index contributed by atoms with van der Waals surface area (Å²) in [6.07, 6.45) is 10.2. The van der Waals surface area contributed by atoms with E-state index in [1.54, 1.807) is 13.1 Å². The van der Waals surface area contributed by atoms with E-state index in [1.165, 1.54) is 30.6 Å². The number of aromatic hydroxyl groups is 1. The molecule has 3 saturated heterocycles. The molecule has 3 aromatic heterocycles. The summed E-state index contributed by atoms with van der Waals surface area (Å²) in [7, 11) is 0. The summed E-state index contributed by atoms with van der Waals surface area (Å²) in [6, 6.07) is 7.43. The van der Waals surface area contributed by atoms with Gasteiger partial charge in [0, 0.05) is 54.2 Å². The first kappa shape index (κ1) is 30.2. The Kier molecular flexibility index (Phi) is 7.07. The van der Waals surface area contributed by atoms with Crippen LogP contribution >= 0.6 is 0 Å². The summed E-state index contributed by atoms with van der Waals surface area (Å²) in [5.74, 6) is 2.17. The zero-order valence-electron chi connectivity index (χ0n) is 26.4. The number of aromatic nitrogens is 4. The number of halogens is 2. The van der Waals surface area contributed by atoms with Crippen LogP contribution in [0.25, 0.3) is 33.0 Å². The molecule has 3 aliphatic rings. The number of terminal acetylenes is 1. The van der Waals surface area contributed by atoms with Crippen molar-refractivity contribution < 1.29 is 23.0 Å². The van der Waals surface area contributed by atoms with E-state index in [9.17, 15) is 18.7 Å². The molecule has 0 amide bonds. The van der Waals surface area contributed by atoms with Crippen LogP contribution in [0.1, 0.15) is 48.9 Å². The Bertz CT molecular complexity index is 2210. The molecule has 4 atom stereocenters. The van der Waals surface area contributed by atoms with Gasteiger partial charge in [-0.3, -0.25) is 4.90 Å². The van der Waals surface area contributed by atoms with Crippen LogP contribution in [-0.4, -0.2) is 73.9 Å². The molecule has 0 unspecified atom stereocenters. The minimum atomic E-state index is -0.924. The van der Waals surface area contributed by atoms with E-state index < -0.39 is 23.2 Å². The maximum atomic E-state index is 14.9. The predicted molar refractivity (Wildman–Crippen MR) is 175 cm³/mol. The average molecular weight is 651 g/mol. The minimum Gasteiger partial charge on any atom is -0.508 e. The topological polar surface area (TPSA) is 118 Å². The molecule has 6 heterocycles. The third-order valence-corrected chi connectivity index (χ3v) is 10.4. The molecule has 48 heavy (non-hydrogen) atoms. The summed E-state index contributed by atoms with van der Waals surface area (Å²) in [5.41, 5.74) is 0.684. The van der Waals surface area contributed by atoms with Crippen molar-refractivity contribution in [3.8, 4) is 35.4 Å². The van der Waals surface area contributed by atoms with Gasteiger partial charge in [-0.1, -0.05) is 12.0 Å². The number of fused-ring (bicyclic) bond motifs is 3. The number of alkyl halides is 1. The van der Waals surface area contributed by atoms with Crippen LogP contribution in [0.15, 0.2) is 52.1 Å². The second kappa shape index (κ2) is 11.2.